The molecule has 0 amide bonds. The van der Waals surface area contributed by atoms with Gasteiger partial charge in [0.05, 0.1) is 16.4 Å². The predicted molar refractivity (Wildman–Crippen MR) is 67.3 cm³/mol. The molecule has 0 bridgehead atoms. The third-order valence-corrected chi connectivity index (χ3v) is 2.98. The molecule has 0 spiro atoms. The molecule has 84 valence electrons. The lowest BCUT2D eigenvalue weighted by Gasteiger charge is -2.05. The summed E-state index contributed by atoms with van der Waals surface area (Å²) < 4.78 is 5.12. The minimum Gasteiger partial charge on any atom is -0.428 e. The van der Waals surface area contributed by atoms with Crippen LogP contribution in [0.3, 0.4) is 0 Å². The van der Waals surface area contributed by atoms with Gasteiger partial charge in [0.25, 0.3) is 0 Å². The third kappa shape index (κ3) is 1.43. The Morgan fingerprint density at radius 3 is 2.71 bits per heavy atom. The van der Waals surface area contributed by atoms with Crippen molar-refractivity contribution in [2.45, 2.75) is 13.8 Å². The van der Waals surface area contributed by atoms with Crippen LogP contribution in [-0.4, -0.2) is 4.98 Å². The molecule has 0 aliphatic carbocycles. The molecular weight excluding hydrogens is 214 g/mol. The summed E-state index contributed by atoms with van der Waals surface area (Å²) in [5, 5.41) is 1.57. The van der Waals surface area contributed by atoms with Crippen molar-refractivity contribution in [3.63, 3.8) is 0 Å². The van der Waals surface area contributed by atoms with Gasteiger partial charge in [0.15, 0.2) is 0 Å². The minimum atomic E-state index is -0.309. The van der Waals surface area contributed by atoms with Crippen molar-refractivity contribution in [1.82, 2.24) is 4.98 Å². The Morgan fingerprint density at radius 2 is 1.88 bits per heavy atom. The third-order valence-electron chi connectivity index (χ3n) is 2.98. The second-order valence-corrected chi connectivity index (χ2v) is 4.16. The summed E-state index contributed by atoms with van der Waals surface area (Å²) in [5.74, 6) is 0.588. The molecule has 2 aromatic heterocycles. The standard InChI is InChI=1S/C14H11NO2/c1-8-7-12-13(14(16)17-8)9(2)10-5-3-4-6-11(10)15-12/h3-7H,1-2H3. The Balaban J connectivity index is 2.64. The fraction of sp³-hybridized carbons (Fsp3) is 0.143. The smallest absolute Gasteiger partial charge is 0.345 e. The van der Waals surface area contributed by atoms with Gasteiger partial charge in [-0.25, -0.2) is 9.78 Å². The average molecular weight is 225 g/mol. The van der Waals surface area contributed by atoms with Gasteiger partial charge in [-0.3, -0.25) is 0 Å². The monoisotopic (exact) mass is 225 g/mol. The van der Waals surface area contributed by atoms with Crippen LogP contribution in [0.2, 0.25) is 0 Å². The average Bonchev–Trinajstić information content (AvgIpc) is 2.28. The van der Waals surface area contributed by atoms with E-state index in [4.69, 9.17) is 4.42 Å². The van der Waals surface area contributed by atoms with Crippen molar-refractivity contribution in [3.8, 4) is 0 Å². The maximum atomic E-state index is 11.9. The predicted octanol–water partition coefficient (Wildman–Crippen LogP) is 2.96. The fourth-order valence-electron chi connectivity index (χ4n) is 2.18. The van der Waals surface area contributed by atoms with Crippen molar-refractivity contribution in [1.29, 1.82) is 0 Å². The Kier molecular flexibility index (Phi) is 2.01. The van der Waals surface area contributed by atoms with E-state index in [0.717, 1.165) is 16.5 Å². The van der Waals surface area contributed by atoms with Gasteiger partial charge >= 0.3 is 5.63 Å². The Hall–Kier alpha value is -2.16. The first-order chi connectivity index (χ1) is 8.16. The van der Waals surface area contributed by atoms with Crippen LogP contribution in [0.25, 0.3) is 21.8 Å². The van der Waals surface area contributed by atoms with Crippen molar-refractivity contribution in [2.75, 3.05) is 0 Å². The molecule has 3 heteroatoms. The van der Waals surface area contributed by atoms with Crippen LogP contribution in [-0.2, 0) is 0 Å². The molecule has 0 aliphatic rings. The van der Waals surface area contributed by atoms with Gasteiger partial charge < -0.3 is 4.42 Å². The van der Waals surface area contributed by atoms with Gasteiger partial charge in [-0.1, -0.05) is 18.2 Å². The van der Waals surface area contributed by atoms with E-state index in [0.29, 0.717) is 16.7 Å². The summed E-state index contributed by atoms with van der Waals surface area (Å²) in [6.45, 7) is 3.69. The lowest BCUT2D eigenvalue weighted by molar-refractivity contribution is 0.488. The van der Waals surface area contributed by atoms with Gasteiger partial charge in [-0.05, 0) is 25.5 Å². The van der Waals surface area contributed by atoms with E-state index in [9.17, 15) is 4.79 Å². The summed E-state index contributed by atoms with van der Waals surface area (Å²) in [7, 11) is 0. The molecule has 0 N–H and O–H groups in total. The van der Waals surface area contributed by atoms with Gasteiger partial charge in [-0.2, -0.15) is 0 Å². The number of hydrogen-bond donors (Lipinski definition) is 0. The highest BCUT2D eigenvalue weighted by molar-refractivity contribution is 5.96. The summed E-state index contributed by atoms with van der Waals surface area (Å²) in [6.07, 6.45) is 0. The number of hydrogen-bond acceptors (Lipinski definition) is 3. The van der Waals surface area contributed by atoms with E-state index in [-0.39, 0.29) is 5.63 Å². The maximum absolute atomic E-state index is 11.9. The van der Waals surface area contributed by atoms with E-state index < -0.39 is 0 Å². The zero-order valence-corrected chi connectivity index (χ0v) is 9.65. The second kappa shape index (κ2) is 3.42. The first-order valence-corrected chi connectivity index (χ1v) is 5.46. The number of benzene rings is 1. The van der Waals surface area contributed by atoms with E-state index >= 15 is 0 Å². The van der Waals surface area contributed by atoms with Crippen LogP contribution in [0.4, 0.5) is 0 Å². The number of fused-ring (bicyclic) bond motifs is 2. The summed E-state index contributed by atoms with van der Waals surface area (Å²) >= 11 is 0. The Labute approximate surface area is 97.7 Å². The first kappa shape index (κ1) is 10.0. The molecule has 0 radical (unpaired) electrons. The topological polar surface area (TPSA) is 43.1 Å². The molecule has 3 aromatic rings. The molecule has 0 fully saturated rings. The molecule has 3 rings (SSSR count). The number of aryl methyl sites for hydroxylation is 2. The number of pyridine rings is 1. The molecule has 0 atom stereocenters. The van der Waals surface area contributed by atoms with Gasteiger partial charge in [0.1, 0.15) is 5.76 Å². The van der Waals surface area contributed by atoms with Crippen LogP contribution in [0.15, 0.2) is 39.5 Å². The zero-order chi connectivity index (χ0) is 12.0. The highest BCUT2D eigenvalue weighted by Gasteiger charge is 2.10. The van der Waals surface area contributed by atoms with Crippen LogP contribution in [0.1, 0.15) is 11.3 Å². The second-order valence-electron chi connectivity index (χ2n) is 4.16. The quantitative estimate of drug-likeness (QED) is 0.552. The lowest BCUT2D eigenvalue weighted by Crippen LogP contribution is -2.04. The van der Waals surface area contributed by atoms with E-state index in [1.54, 1.807) is 13.0 Å². The normalized spacial score (nSPS) is 11.2. The van der Waals surface area contributed by atoms with E-state index in [1.807, 2.05) is 31.2 Å². The molecule has 0 saturated heterocycles. The molecular formula is C14H11NO2. The molecule has 0 saturated carbocycles. The Morgan fingerprint density at radius 1 is 1.12 bits per heavy atom. The molecule has 1 aromatic carbocycles. The molecule has 2 heterocycles. The fourth-order valence-corrected chi connectivity index (χ4v) is 2.18. The van der Waals surface area contributed by atoms with Crippen LogP contribution < -0.4 is 5.63 Å². The van der Waals surface area contributed by atoms with Crippen molar-refractivity contribution in [3.05, 3.63) is 52.1 Å². The highest BCUT2D eigenvalue weighted by Crippen LogP contribution is 2.23. The van der Waals surface area contributed by atoms with Gasteiger partial charge in [0.2, 0.25) is 0 Å². The van der Waals surface area contributed by atoms with Crippen molar-refractivity contribution in [2.24, 2.45) is 0 Å². The first-order valence-electron chi connectivity index (χ1n) is 5.46. The van der Waals surface area contributed by atoms with Gasteiger partial charge in [-0.15, -0.1) is 0 Å². The summed E-state index contributed by atoms with van der Waals surface area (Å²) in [6, 6.07) is 9.61. The minimum absolute atomic E-state index is 0.309. The van der Waals surface area contributed by atoms with E-state index in [2.05, 4.69) is 4.98 Å². The molecule has 3 nitrogen and oxygen atoms in total. The van der Waals surface area contributed by atoms with Gasteiger partial charge in [0, 0.05) is 11.5 Å². The number of rotatable bonds is 0. The number of aromatic nitrogens is 1. The molecule has 17 heavy (non-hydrogen) atoms. The Bertz CT molecular complexity index is 787. The molecule has 0 aliphatic heterocycles. The van der Waals surface area contributed by atoms with Crippen molar-refractivity contribution < 1.29 is 4.42 Å². The highest BCUT2D eigenvalue weighted by atomic mass is 16.4. The summed E-state index contributed by atoms with van der Waals surface area (Å²) in [4.78, 5) is 16.4. The lowest BCUT2D eigenvalue weighted by atomic mass is 10.1. The van der Waals surface area contributed by atoms with Crippen LogP contribution >= 0.6 is 0 Å². The van der Waals surface area contributed by atoms with Crippen LogP contribution in [0.5, 0.6) is 0 Å². The largest absolute Gasteiger partial charge is 0.428 e. The number of nitrogens with zero attached hydrogens (tertiary/aromatic N) is 1. The van der Waals surface area contributed by atoms with Crippen molar-refractivity contribution >= 4 is 21.8 Å². The molecule has 0 unspecified atom stereocenters. The van der Waals surface area contributed by atoms with Crippen LogP contribution in [0, 0.1) is 13.8 Å². The zero-order valence-electron chi connectivity index (χ0n) is 9.65. The summed E-state index contributed by atoms with van der Waals surface area (Å²) in [5.41, 5.74) is 2.23. The maximum Gasteiger partial charge on any atom is 0.345 e. The van der Waals surface area contributed by atoms with E-state index in [1.165, 1.54) is 0 Å². The number of para-hydroxylation sites is 1. The SMILES string of the molecule is Cc1cc2nc3ccccc3c(C)c2c(=O)o1.